The van der Waals surface area contributed by atoms with Gasteiger partial charge in [0.2, 0.25) is 10.0 Å². The highest BCUT2D eigenvalue weighted by Crippen LogP contribution is 2.31. The van der Waals surface area contributed by atoms with Crippen LogP contribution in [-0.2, 0) is 22.3 Å². The van der Waals surface area contributed by atoms with Gasteiger partial charge in [-0.05, 0) is 42.8 Å². The average molecular weight is 599 g/mol. The summed E-state index contributed by atoms with van der Waals surface area (Å²) in [6, 6.07) is 16.1. The third kappa shape index (κ3) is 6.43. The lowest BCUT2D eigenvalue weighted by molar-refractivity contribution is -0.384. The predicted molar refractivity (Wildman–Crippen MR) is 144 cm³/mol. The van der Waals surface area contributed by atoms with Crippen molar-refractivity contribution in [2.24, 2.45) is 0 Å². The molecule has 1 heterocycles. The van der Waals surface area contributed by atoms with Crippen LogP contribution in [0.5, 0.6) is 0 Å². The van der Waals surface area contributed by atoms with Crippen molar-refractivity contribution >= 4 is 62.3 Å². The molecule has 14 heteroatoms. The van der Waals surface area contributed by atoms with Crippen LogP contribution >= 0.6 is 46.6 Å². The number of halogens is 3. The van der Waals surface area contributed by atoms with Gasteiger partial charge in [0.25, 0.3) is 5.69 Å². The summed E-state index contributed by atoms with van der Waals surface area (Å²) >= 11 is 19.9. The van der Waals surface area contributed by atoms with E-state index in [1.807, 2.05) is 25.1 Å². The minimum atomic E-state index is -4.16. The fraction of sp³-hybridized carbons (Fsp3) is 0.130. The number of nitro groups is 1. The van der Waals surface area contributed by atoms with Gasteiger partial charge in [0, 0.05) is 16.8 Å². The van der Waals surface area contributed by atoms with Gasteiger partial charge in [-0.1, -0.05) is 76.4 Å². The van der Waals surface area contributed by atoms with Crippen LogP contribution in [0.25, 0.3) is 5.69 Å². The number of nitro benzene ring substituents is 1. The number of sulfonamides is 1. The Morgan fingerprint density at radius 2 is 1.78 bits per heavy atom. The molecule has 0 saturated carbocycles. The molecule has 0 aliphatic carbocycles. The Morgan fingerprint density at radius 1 is 1.03 bits per heavy atom. The van der Waals surface area contributed by atoms with Crippen molar-refractivity contribution in [3.8, 4) is 5.69 Å². The number of aryl methyl sites for hydroxylation is 1. The van der Waals surface area contributed by atoms with Gasteiger partial charge in [-0.25, -0.2) is 13.1 Å². The Balaban J connectivity index is 1.66. The summed E-state index contributed by atoms with van der Waals surface area (Å²) in [5, 5.41) is 20.7. The molecule has 0 amide bonds. The third-order valence-electron chi connectivity index (χ3n) is 5.14. The second-order valence-corrected chi connectivity index (χ2v) is 11.8. The van der Waals surface area contributed by atoms with Crippen LogP contribution in [0.2, 0.25) is 15.1 Å². The smallest absolute Gasteiger partial charge is 0.271 e. The third-order valence-corrected chi connectivity index (χ3v) is 8.42. The summed E-state index contributed by atoms with van der Waals surface area (Å²) in [7, 11) is -4.16. The zero-order valence-corrected chi connectivity index (χ0v) is 23.0. The van der Waals surface area contributed by atoms with Crippen molar-refractivity contribution in [2.45, 2.75) is 29.3 Å². The fourth-order valence-corrected chi connectivity index (χ4v) is 5.86. The number of thioether (sulfide) groups is 1. The van der Waals surface area contributed by atoms with E-state index in [0.717, 1.165) is 23.3 Å². The summed E-state index contributed by atoms with van der Waals surface area (Å²) in [5.41, 5.74) is 2.15. The van der Waals surface area contributed by atoms with Crippen LogP contribution < -0.4 is 4.72 Å². The highest BCUT2D eigenvalue weighted by atomic mass is 35.5. The average Bonchev–Trinajstić information content (AvgIpc) is 3.25. The first-order valence-electron chi connectivity index (χ1n) is 10.6. The molecule has 0 saturated heterocycles. The highest BCUT2D eigenvalue weighted by Gasteiger charge is 2.23. The monoisotopic (exact) mass is 597 g/mol. The van der Waals surface area contributed by atoms with Crippen molar-refractivity contribution in [1.82, 2.24) is 19.5 Å². The summed E-state index contributed by atoms with van der Waals surface area (Å²) in [6.45, 7) is 1.72. The number of nitrogens with zero attached hydrogens (tertiary/aromatic N) is 4. The van der Waals surface area contributed by atoms with Gasteiger partial charge in [-0.15, -0.1) is 10.2 Å². The molecule has 0 bridgehead atoms. The van der Waals surface area contributed by atoms with E-state index >= 15 is 0 Å². The molecule has 0 aliphatic heterocycles. The Bertz CT molecular complexity index is 1600. The quantitative estimate of drug-likeness (QED) is 0.138. The van der Waals surface area contributed by atoms with Gasteiger partial charge in [-0.3, -0.25) is 14.7 Å². The van der Waals surface area contributed by atoms with Crippen LogP contribution in [0, 0.1) is 17.0 Å². The van der Waals surface area contributed by atoms with Gasteiger partial charge in [0.1, 0.15) is 5.02 Å². The molecule has 3 aromatic carbocycles. The van der Waals surface area contributed by atoms with Crippen LogP contribution in [0.1, 0.15) is 17.0 Å². The topological polar surface area (TPSA) is 120 Å². The molecular formula is C23H18Cl3N5O4S2. The largest absolute Gasteiger partial charge is 0.289 e. The fourth-order valence-electron chi connectivity index (χ4n) is 3.40. The SMILES string of the molecule is Cc1cccc(CSc2nnc(CNS(=O)(=O)c3ccc(Cl)c([N+](=O)[O-])c3)n2-c2cc(Cl)ccc2Cl)c1. The first-order chi connectivity index (χ1) is 17.5. The zero-order valence-electron chi connectivity index (χ0n) is 19.1. The first-order valence-corrected chi connectivity index (χ1v) is 14.2. The lowest BCUT2D eigenvalue weighted by Gasteiger charge is -2.13. The maximum atomic E-state index is 12.9. The number of nitrogens with one attached hydrogen (secondary N) is 1. The standard InChI is InChI=1S/C23H18Cl3N5O4S2/c1-14-3-2-4-15(9-14)13-36-23-29-28-22(30(23)20-10-16(24)5-7-18(20)25)12-27-37(34,35)17-6-8-19(26)21(11-17)31(32)33/h2-11,27H,12-13H2,1H3. The molecule has 0 radical (unpaired) electrons. The number of aromatic nitrogens is 3. The molecule has 0 spiro atoms. The molecule has 0 fully saturated rings. The lowest BCUT2D eigenvalue weighted by Crippen LogP contribution is -2.25. The molecule has 37 heavy (non-hydrogen) atoms. The molecule has 0 aliphatic rings. The summed E-state index contributed by atoms with van der Waals surface area (Å²) in [4.78, 5) is 10.1. The van der Waals surface area contributed by atoms with E-state index in [4.69, 9.17) is 34.8 Å². The molecular weight excluding hydrogens is 581 g/mol. The number of hydrogen-bond donors (Lipinski definition) is 1. The Morgan fingerprint density at radius 3 is 2.51 bits per heavy atom. The van der Waals surface area contributed by atoms with Crippen molar-refractivity contribution < 1.29 is 13.3 Å². The van der Waals surface area contributed by atoms with Crippen LogP contribution in [0.15, 0.2) is 70.7 Å². The van der Waals surface area contributed by atoms with Crippen LogP contribution in [0.4, 0.5) is 5.69 Å². The molecule has 192 valence electrons. The summed E-state index contributed by atoms with van der Waals surface area (Å²) in [5.74, 6) is 0.820. The second kappa shape index (κ2) is 11.4. The zero-order chi connectivity index (χ0) is 26.7. The van der Waals surface area contributed by atoms with Crippen LogP contribution in [-0.4, -0.2) is 28.1 Å². The number of hydrogen-bond acceptors (Lipinski definition) is 7. The lowest BCUT2D eigenvalue weighted by atomic mass is 10.2. The van der Waals surface area contributed by atoms with E-state index in [9.17, 15) is 18.5 Å². The Kier molecular flexibility index (Phi) is 8.42. The predicted octanol–water partition coefficient (Wildman–Crippen LogP) is 6.21. The Hall–Kier alpha value is -2.67. The molecule has 9 nitrogen and oxygen atoms in total. The van der Waals surface area contributed by atoms with Crippen molar-refractivity contribution in [2.75, 3.05) is 0 Å². The number of rotatable bonds is 9. The first kappa shape index (κ1) is 27.4. The molecule has 4 aromatic rings. The van der Waals surface area contributed by atoms with E-state index in [1.54, 1.807) is 22.8 Å². The molecule has 1 N–H and O–H groups in total. The minimum absolute atomic E-state index is 0.172. The minimum Gasteiger partial charge on any atom is -0.271 e. The number of benzene rings is 3. The molecule has 1 aromatic heterocycles. The van der Waals surface area contributed by atoms with Crippen LogP contribution in [0.3, 0.4) is 0 Å². The normalized spacial score (nSPS) is 11.6. The van der Waals surface area contributed by atoms with Gasteiger partial charge >= 0.3 is 0 Å². The van der Waals surface area contributed by atoms with E-state index in [0.29, 0.717) is 26.6 Å². The van der Waals surface area contributed by atoms with E-state index in [2.05, 4.69) is 21.0 Å². The van der Waals surface area contributed by atoms with Crippen molar-refractivity contribution in [1.29, 1.82) is 0 Å². The second-order valence-electron chi connectivity index (χ2n) is 7.80. The van der Waals surface area contributed by atoms with E-state index < -0.39 is 20.6 Å². The maximum absolute atomic E-state index is 12.9. The molecule has 4 rings (SSSR count). The van der Waals surface area contributed by atoms with Gasteiger partial charge in [0.15, 0.2) is 11.0 Å². The summed E-state index contributed by atoms with van der Waals surface area (Å²) in [6.07, 6.45) is 0. The van der Waals surface area contributed by atoms with E-state index in [1.165, 1.54) is 17.8 Å². The van der Waals surface area contributed by atoms with Gasteiger partial charge in [-0.2, -0.15) is 0 Å². The van der Waals surface area contributed by atoms with Crippen molar-refractivity contribution in [3.05, 3.63) is 103 Å². The molecule has 0 atom stereocenters. The highest BCUT2D eigenvalue weighted by molar-refractivity contribution is 7.98. The molecule has 0 unspecified atom stereocenters. The van der Waals surface area contributed by atoms with Crippen molar-refractivity contribution in [3.63, 3.8) is 0 Å². The Labute approximate surface area is 232 Å². The van der Waals surface area contributed by atoms with Gasteiger partial charge < -0.3 is 0 Å². The maximum Gasteiger partial charge on any atom is 0.289 e. The van der Waals surface area contributed by atoms with E-state index in [-0.39, 0.29) is 22.3 Å². The summed E-state index contributed by atoms with van der Waals surface area (Å²) < 4.78 is 29.9. The van der Waals surface area contributed by atoms with Gasteiger partial charge in [0.05, 0.1) is 27.1 Å².